The quantitative estimate of drug-likeness (QED) is 0.231. The summed E-state index contributed by atoms with van der Waals surface area (Å²) in [6.45, 7) is 9.81. The molecule has 0 aromatic carbocycles. The van der Waals surface area contributed by atoms with E-state index in [9.17, 15) is 0 Å². The Balaban J connectivity index is 1.67. The molecule has 0 amide bonds. The van der Waals surface area contributed by atoms with Gasteiger partial charge in [-0.05, 0) is 12.5 Å². The molecule has 1 aliphatic heterocycles. The first-order chi connectivity index (χ1) is 14.7. The van der Waals surface area contributed by atoms with Crippen LogP contribution in [0.25, 0.3) is 16.8 Å². The molecule has 31 heavy (non-hydrogen) atoms. The van der Waals surface area contributed by atoms with E-state index in [2.05, 4.69) is 34.7 Å². The molecule has 3 aromatic heterocycles. The number of rotatable bonds is 8. The average molecular weight is 461 g/mol. The van der Waals surface area contributed by atoms with Crippen molar-refractivity contribution >= 4 is 38.2 Å². The third-order valence-electron chi connectivity index (χ3n) is 5.48. The van der Waals surface area contributed by atoms with Gasteiger partial charge < -0.3 is 15.4 Å². The summed E-state index contributed by atoms with van der Waals surface area (Å²) in [6.07, 6.45) is 6.58. The second kappa shape index (κ2) is 8.81. The zero-order valence-corrected chi connectivity index (χ0v) is 20.6. The first-order valence-corrected chi connectivity index (χ1v) is 14.7. The normalized spacial score (nSPS) is 17.1. The second-order valence-corrected chi connectivity index (χ2v) is 15.5. The number of aromatic nitrogens is 5. The van der Waals surface area contributed by atoms with E-state index in [4.69, 9.17) is 28.3 Å². The average Bonchev–Trinajstić information content (AvgIpc) is 3.42. The molecule has 3 aromatic rings. The lowest BCUT2D eigenvalue weighted by Crippen LogP contribution is -2.28. The minimum Gasteiger partial charge on any atom is -0.360 e. The molecule has 4 rings (SSSR count). The van der Waals surface area contributed by atoms with E-state index in [0.29, 0.717) is 6.73 Å². The number of hydrogen-bond donors (Lipinski definition) is 2. The van der Waals surface area contributed by atoms with Crippen LogP contribution < -0.4 is 14.9 Å². The van der Waals surface area contributed by atoms with E-state index in [1.165, 1.54) is 0 Å². The molecule has 0 radical (unpaired) electrons. The molecule has 0 unspecified atom stereocenters. The zero-order valence-electron chi connectivity index (χ0n) is 18.7. The highest BCUT2D eigenvalue weighted by atomic mass is 32.1. The number of anilines is 2. The summed E-state index contributed by atoms with van der Waals surface area (Å²) in [5.41, 5.74) is 8.83. The fourth-order valence-corrected chi connectivity index (χ4v) is 4.62. The minimum absolute atomic E-state index is 0.168. The molecule has 1 aliphatic rings. The topological polar surface area (TPSA) is 89.7 Å². The van der Waals surface area contributed by atoms with Gasteiger partial charge >= 0.3 is 0 Å². The molecule has 1 atom stereocenters. The summed E-state index contributed by atoms with van der Waals surface area (Å²) in [6, 6.07) is 3.30. The van der Waals surface area contributed by atoms with Crippen molar-refractivity contribution < 1.29 is 4.74 Å². The van der Waals surface area contributed by atoms with E-state index < -0.39 is 8.07 Å². The van der Waals surface area contributed by atoms with Crippen LogP contribution in [0.5, 0.6) is 0 Å². The van der Waals surface area contributed by atoms with Gasteiger partial charge in [-0.15, -0.1) is 0 Å². The number of ether oxygens (including phenoxy) is 1. The Labute approximate surface area is 189 Å². The Morgan fingerprint density at radius 3 is 2.74 bits per heavy atom. The maximum Gasteiger partial charge on any atom is 0.167 e. The van der Waals surface area contributed by atoms with Gasteiger partial charge in [0.2, 0.25) is 0 Å². The van der Waals surface area contributed by atoms with Gasteiger partial charge in [-0.2, -0.15) is 14.7 Å². The van der Waals surface area contributed by atoms with Gasteiger partial charge in [-0.3, -0.25) is 8.99 Å². The first kappa shape index (κ1) is 22.1. The fraction of sp³-hybridized carbons (Fsp3) is 0.550. The highest BCUT2D eigenvalue weighted by Gasteiger charge is 2.24. The Kier molecular flexibility index (Phi) is 6.29. The lowest BCUT2D eigenvalue weighted by Gasteiger charge is -2.23. The number of nitrogens with two attached hydrogens (primary N) is 1. The van der Waals surface area contributed by atoms with Crippen molar-refractivity contribution in [2.45, 2.75) is 38.1 Å². The molecule has 0 aliphatic carbocycles. The second-order valence-electron chi connectivity index (χ2n) is 9.41. The van der Waals surface area contributed by atoms with Gasteiger partial charge in [0.15, 0.2) is 5.65 Å². The van der Waals surface area contributed by atoms with Crippen molar-refractivity contribution in [3.8, 4) is 11.1 Å². The van der Waals surface area contributed by atoms with Gasteiger partial charge in [0.1, 0.15) is 18.4 Å². The Morgan fingerprint density at radius 2 is 2.10 bits per heavy atom. The third-order valence-corrected chi connectivity index (χ3v) is 7.50. The lowest BCUT2D eigenvalue weighted by molar-refractivity contribution is 0.157. The smallest absolute Gasteiger partial charge is 0.167 e. The monoisotopic (exact) mass is 460 g/mol. The molecule has 9 nitrogen and oxygen atoms in total. The lowest BCUT2D eigenvalue weighted by atomic mass is 10.2. The highest BCUT2D eigenvalue weighted by molar-refractivity contribution is 7.81. The van der Waals surface area contributed by atoms with E-state index in [1.807, 2.05) is 36.2 Å². The maximum absolute atomic E-state index is 6.15. The molecule has 4 heterocycles. The van der Waals surface area contributed by atoms with Gasteiger partial charge in [0.05, 0.1) is 12.4 Å². The fourth-order valence-electron chi connectivity index (χ4n) is 3.64. The number of nitrogens with zero attached hydrogens (tertiary/aromatic N) is 7. The molecule has 2 N–H and O–H groups in total. The van der Waals surface area contributed by atoms with Crippen molar-refractivity contribution in [3.05, 3.63) is 24.7 Å². The highest BCUT2D eigenvalue weighted by Crippen LogP contribution is 2.31. The number of thiol groups is 1. The third kappa shape index (κ3) is 5.05. The zero-order chi connectivity index (χ0) is 22.2. The molecule has 0 saturated carbocycles. The van der Waals surface area contributed by atoms with Gasteiger partial charge in [-0.1, -0.05) is 32.5 Å². The predicted molar refractivity (Wildman–Crippen MR) is 130 cm³/mol. The van der Waals surface area contributed by atoms with E-state index in [1.54, 1.807) is 8.99 Å². The molecular weight excluding hydrogens is 428 g/mol. The van der Waals surface area contributed by atoms with Crippen LogP contribution in [0.4, 0.5) is 11.6 Å². The van der Waals surface area contributed by atoms with Crippen molar-refractivity contribution in [2.75, 3.05) is 35.6 Å². The van der Waals surface area contributed by atoms with Crippen LogP contribution in [-0.4, -0.2) is 64.9 Å². The predicted octanol–water partition coefficient (Wildman–Crippen LogP) is 2.63. The van der Waals surface area contributed by atoms with Crippen LogP contribution in [-0.2, 0) is 11.8 Å². The Morgan fingerprint density at radius 1 is 1.29 bits per heavy atom. The number of hydrogen-bond acceptors (Lipinski definition) is 8. The first-order valence-electron chi connectivity index (χ1n) is 10.6. The van der Waals surface area contributed by atoms with Gasteiger partial charge in [-0.25, -0.2) is 4.98 Å². The molecule has 0 spiro atoms. The Bertz CT molecular complexity index is 1050. The SMILES string of the molecule is Cn1cc(-c2cnn3c(N(S)COCC[Si](C)(C)C)cc(N4CC[C@H](N)C4)nc23)cn1. The van der Waals surface area contributed by atoms with Crippen LogP contribution in [0.1, 0.15) is 6.42 Å². The summed E-state index contributed by atoms with van der Waals surface area (Å²) >= 11 is 4.72. The summed E-state index contributed by atoms with van der Waals surface area (Å²) < 4.78 is 11.3. The maximum atomic E-state index is 6.15. The molecular formula is C20H32N8OSSi. The van der Waals surface area contributed by atoms with E-state index in [0.717, 1.165) is 60.6 Å². The molecule has 168 valence electrons. The molecule has 0 bridgehead atoms. The molecule has 1 saturated heterocycles. The Hall–Kier alpha value is -2.08. The summed E-state index contributed by atoms with van der Waals surface area (Å²) in [4.78, 5) is 7.17. The molecule has 11 heteroatoms. The van der Waals surface area contributed by atoms with E-state index in [-0.39, 0.29) is 6.04 Å². The van der Waals surface area contributed by atoms with Crippen LogP contribution in [0.2, 0.25) is 25.7 Å². The summed E-state index contributed by atoms with van der Waals surface area (Å²) in [5.74, 6) is 1.69. The van der Waals surface area contributed by atoms with Crippen molar-refractivity contribution in [3.63, 3.8) is 0 Å². The summed E-state index contributed by atoms with van der Waals surface area (Å²) in [5, 5.41) is 8.91. The van der Waals surface area contributed by atoms with Crippen LogP contribution >= 0.6 is 12.8 Å². The minimum atomic E-state index is -1.14. The standard InChI is InChI=1S/C20H32N8OSSi/c1-25-12-15(10-22-25)17-11-23-28-19(27(30)14-29-7-8-31(2,3)4)9-18(24-20(17)28)26-6-5-16(21)13-26/h9-12,16,30H,5-8,13-14,21H2,1-4H3/t16-/m0/s1. The van der Waals surface area contributed by atoms with Crippen molar-refractivity contribution in [1.82, 2.24) is 24.4 Å². The summed E-state index contributed by atoms with van der Waals surface area (Å²) in [7, 11) is 0.761. The van der Waals surface area contributed by atoms with E-state index >= 15 is 0 Å². The van der Waals surface area contributed by atoms with Crippen LogP contribution in [0.15, 0.2) is 24.7 Å². The van der Waals surface area contributed by atoms with Gasteiger partial charge in [0.25, 0.3) is 0 Å². The van der Waals surface area contributed by atoms with Crippen molar-refractivity contribution in [1.29, 1.82) is 0 Å². The van der Waals surface area contributed by atoms with Crippen LogP contribution in [0.3, 0.4) is 0 Å². The van der Waals surface area contributed by atoms with Crippen molar-refractivity contribution in [2.24, 2.45) is 12.8 Å². The van der Waals surface area contributed by atoms with Crippen LogP contribution in [0, 0.1) is 0 Å². The van der Waals surface area contributed by atoms with Gasteiger partial charge in [0, 0.05) is 64.2 Å². The molecule has 1 fully saturated rings. The number of aryl methyl sites for hydroxylation is 1. The number of fused-ring (bicyclic) bond motifs is 1. The largest absolute Gasteiger partial charge is 0.360 e.